The number of rotatable bonds is 8. The van der Waals surface area contributed by atoms with Crippen LogP contribution in [0.2, 0.25) is 0 Å². The Labute approximate surface area is 116 Å². The van der Waals surface area contributed by atoms with Crippen LogP contribution in [0.3, 0.4) is 0 Å². The van der Waals surface area contributed by atoms with Crippen LogP contribution < -0.4 is 0 Å². The van der Waals surface area contributed by atoms with Crippen LogP contribution >= 0.6 is 0 Å². The van der Waals surface area contributed by atoms with Gasteiger partial charge >= 0.3 is 5.97 Å². The molecule has 2 unspecified atom stereocenters. The average Bonchev–Trinajstić information content (AvgIpc) is 3.15. The maximum absolute atomic E-state index is 12.4. The van der Waals surface area contributed by atoms with Crippen molar-refractivity contribution in [3.63, 3.8) is 0 Å². The van der Waals surface area contributed by atoms with E-state index in [9.17, 15) is 9.59 Å². The summed E-state index contributed by atoms with van der Waals surface area (Å²) in [7, 11) is 0. The Morgan fingerprint density at radius 1 is 1.26 bits per heavy atom. The highest BCUT2D eigenvalue weighted by Crippen LogP contribution is 2.30. The van der Waals surface area contributed by atoms with E-state index in [0.717, 1.165) is 19.3 Å². The smallest absolute Gasteiger partial charge is 0.308 e. The fraction of sp³-hybridized carbons (Fsp3) is 0.867. The lowest BCUT2D eigenvalue weighted by Gasteiger charge is -2.27. The van der Waals surface area contributed by atoms with Gasteiger partial charge in [0.15, 0.2) is 0 Å². The van der Waals surface area contributed by atoms with Crippen LogP contribution in [0.1, 0.15) is 53.4 Å². The van der Waals surface area contributed by atoms with Crippen LogP contribution in [0.15, 0.2) is 0 Å². The van der Waals surface area contributed by atoms with Gasteiger partial charge in [-0.2, -0.15) is 0 Å². The molecule has 1 N–H and O–H groups in total. The summed E-state index contributed by atoms with van der Waals surface area (Å²) in [5, 5.41) is 8.99. The zero-order valence-corrected chi connectivity index (χ0v) is 12.6. The summed E-state index contributed by atoms with van der Waals surface area (Å²) in [5.74, 6) is -0.282. The van der Waals surface area contributed by atoms with Crippen LogP contribution in [0, 0.1) is 17.8 Å². The molecule has 0 saturated heterocycles. The van der Waals surface area contributed by atoms with Gasteiger partial charge in [0, 0.05) is 19.0 Å². The van der Waals surface area contributed by atoms with Gasteiger partial charge in [-0.25, -0.2) is 0 Å². The van der Waals surface area contributed by atoms with E-state index in [0.29, 0.717) is 30.8 Å². The van der Waals surface area contributed by atoms with Gasteiger partial charge in [-0.15, -0.1) is 0 Å². The molecular formula is C15H27NO3. The summed E-state index contributed by atoms with van der Waals surface area (Å²) in [6.45, 7) is 8.42. The summed E-state index contributed by atoms with van der Waals surface area (Å²) in [4.78, 5) is 25.1. The molecular weight excluding hydrogens is 242 g/mol. The molecule has 19 heavy (non-hydrogen) atoms. The number of hydrogen-bond acceptors (Lipinski definition) is 2. The molecule has 0 aromatic rings. The SMILES string of the molecule is CCC(CC(=O)N(CC(C)C(=O)O)C1CC1)C(C)C. The first kappa shape index (κ1) is 16.0. The van der Waals surface area contributed by atoms with E-state index >= 15 is 0 Å². The molecule has 1 rings (SSSR count). The second-order valence-electron chi connectivity index (χ2n) is 6.13. The molecule has 0 bridgehead atoms. The van der Waals surface area contributed by atoms with E-state index in [4.69, 9.17) is 5.11 Å². The van der Waals surface area contributed by atoms with E-state index in [-0.39, 0.29) is 5.91 Å². The molecule has 1 amide bonds. The van der Waals surface area contributed by atoms with Gasteiger partial charge < -0.3 is 10.0 Å². The highest BCUT2D eigenvalue weighted by atomic mass is 16.4. The lowest BCUT2D eigenvalue weighted by atomic mass is 9.89. The second kappa shape index (κ2) is 6.92. The number of nitrogens with zero attached hydrogens (tertiary/aromatic N) is 1. The second-order valence-corrected chi connectivity index (χ2v) is 6.13. The number of carboxylic acid groups (broad SMARTS) is 1. The summed E-state index contributed by atoms with van der Waals surface area (Å²) in [5.41, 5.74) is 0. The molecule has 1 aliphatic carbocycles. The largest absolute Gasteiger partial charge is 0.481 e. The van der Waals surface area contributed by atoms with Crippen molar-refractivity contribution in [2.24, 2.45) is 17.8 Å². The van der Waals surface area contributed by atoms with Gasteiger partial charge in [0.05, 0.1) is 5.92 Å². The highest BCUT2D eigenvalue weighted by molar-refractivity contribution is 5.78. The minimum Gasteiger partial charge on any atom is -0.481 e. The number of carboxylic acids is 1. The number of carbonyl (C=O) groups is 2. The van der Waals surface area contributed by atoms with Crippen LogP contribution in [0.4, 0.5) is 0 Å². The molecule has 0 aromatic heterocycles. The fourth-order valence-electron chi connectivity index (χ4n) is 2.41. The number of hydrogen-bond donors (Lipinski definition) is 1. The molecule has 0 spiro atoms. The maximum atomic E-state index is 12.4. The Morgan fingerprint density at radius 3 is 2.21 bits per heavy atom. The highest BCUT2D eigenvalue weighted by Gasteiger charge is 2.35. The Bertz CT molecular complexity index is 323. The van der Waals surface area contributed by atoms with Crippen molar-refractivity contribution < 1.29 is 14.7 Å². The Kier molecular flexibility index (Phi) is 5.83. The Hall–Kier alpha value is -1.06. The van der Waals surface area contributed by atoms with Crippen molar-refractivity contribution in [1.82, 2.24) is 4.90 Å². The van der Waals surface area contributed by atoms with Gasteiger partial charge in [-0.3, -0.25) is 9.59 Å². The zero-order chi connectivity index (χ0) is 14.6. The molecule has 0 heterocycles. The summed E-state index contributed by atoms with van der Waals surface area (Å²) in [6, 6.07) is 0.291. The molecule has 1 fully saturated rings. The third kappa shape index (κ3) is 4.84. The lowest BCUT2D eigenvalue weighted by molar-refractivity contribution is -0.143. The van der Waals surface area contributed by atoms with Crippen molar-refractivity contribution in [3.8, 4) is 0 Å². The molecule has 2 atom stereocenters. The first-order chi connectivity index (χ1) is 8.86. The molecule has 0 aliphatic heterocycles. The number of carbonyl (C=O) groups excluding carboxylic acids is 1. The van der Waals surface area contributed by atoms with Crippen molar-refractivity contribution in [1.29, 1.82) is 0 Å². The predicted octanol–water partition coefficient (Wildman–Crippen LogP) is 2.77. The normalized spacial score (nSPS) is 18.2. The first-order valence-electron chi connectivity index (χ1n) is 7.39. The molecule has 4 heteroatoms. The van der Waals surface area contributed by atoms with E-state index in [1.165, 1.54) is 0 Å². The monoisotopic (exact) mass is 269 g/mol. The van der Waals surface area contributed by atoms with E-state index in [1.54, 1.807) is 6.92 Å². The van der Waals surface area contributed by atoms with Crippen molar-refractivity contribution in [2.75, 3.05) is 6.54 Å². The van der Waals surface area contributed by atoms with Gasteiger partial charge in [0.1, 0.15) is 0 Å². The number of aliphatic carboxylic acids is 1. The fourth-order valence-corrected chi connectivity index (χ4v) is 2.41. The Balaban J connectivity index is 2.60. The molecule has 1 aliphatic rings. The van der Waals surface area contributed by atoms with Crippen LogP contribution in [-0.2, 0) is 9.59 Å². The van der Waals surface area contributed by atoms with Crippen molar-refractivity contribution >= 4 is 11.9 Å². The van der Waals surface area contributed by atoms with Gasteiger partial charge in [0.2, 0.25) is 5.91 Å². The van der Waals surface area contributed by atoms with Crippen molar-refractivity contribution in [3.05, 3.63) is 0 Å². The third-order valence-electron chi connectivity index (χ3n) is 4.10. The van der Waals surface area contributed by atoms with Crippen molar-refractivity contribution in [2.45, 2.75) is 59.4 Å². The third-order valence-corrected chi connectivity index (χ3v) is 4.10. The topological polar surface area (TPSA) is 57.6 Å². The molecule has 110 valence electrons. The summed E-state index contributed by atoms with van der Waals surface area (Å²) >= 11 is 0. The summed E-state index contributed by atoms with van der Waals surface area (Å²) < 4.78 is 0. The molecule has 1 saturated carbocycles. The minimum absolute atomic E-state index is 0.135. The predicted molar refractivity (Wildman–Crippen MR) is 74.8 cm³/mol. The lowest BCUT2D eigenvalue weighted by Crippen LogP contribution is -2.39. The van der Waals surface area contributed by atoms with Crippen LogP contribution in [0.25, 0.3) is 0 Å². The van der Waals surface area contributed by atoms with Gasteiger partial charge in [-0.1, -0.05) is 34.1 Å². The molecule has 0 aromatic carbocycles. The maximum Gasteiger partial charge on any atom is 0.308 e. The van der Waals surface area contributed by atoms with Crippen LogP contribution in [0.5, 0.6) is 0 Å². The standard InChI is InChI=1S/C15H27NO3/c1-5-12(10(2)3)8-14(17)16(13-6-7-13)9-11(4)15(18)19/h10-13H,5-9H2,1-4H3,(H,18,19). The van der Waals surface area contributed by atoms with E-state index < -0.39 is 11.9 Å². The average molecular weight is 269 g/mol. The van der Waals surface area contributed by atoms with E-state index in [1.807, 2.05) is 4.90 Å². The quantitative estimate of drug-likeness (QED) is 0.737. The summed E-state index contributed by atoms with van der Waals surface area (Å²) in [6.07, 6.45) is 3.60. The first-order valence-corrected chi connectivity index (χ1v) is 7.39. The minimum atomic E-state index is -0.825. The molecule has 0 radical (unpaired) electrons. The van der Waals surface area contributed by atoms with Gasteiger partial charge in [0.25, 0.3) is 0 Å². The van der Waals surface area contributed by atoms with Crippen LogP contribution in [-0.4, -0.2) is 34.5 Å². The zero-order valence-electron chi connectivity index (χ0n) is 12.6. The molecule has 4 nitrogen and oxygen atoms in total. The van der Waals surface area contributed by atoms with Gasteiger partial charge in [-0.05, 0) is 24.7 Å². The Morgan fingerprint density at radius 2 is 1.84 bits per heavy atom. The number of amides is 1. The van der Waals surface area contributed by atoms with E-state index in [2.05, 4.69) is 20.8 Å².